The largest absolute Gasteiger partial charge is 0.456 e. The molecule has 2 aliphatic carbocycles. The molecule has 3 aliphatic rings. The monoisotopic (exact) mass is 564 g/mol. The fraction of sp³-hybridized carbons (Fsp3) is 0.774. The molecule has 0 bridgehead atoms. The molecule has 226 valence electrons. The van der Waals surface area contributed by atoms with Crippen LogP contribution in [0.5, 0.6) is 0 Å². The zero-order valence-corrected chi connectivity index (χ0v) is 25.3. The second-order valence-electron chi connectivity index (χ2n) is 12.7. The van der Waals surface area contributed by atoms with Crippen LogP contribution < -0.4 is 0 Å². The van der Waals surface area contributed by atoms with Crippen LogP contribution in [0.3, 0.4) is 0 Å². The summed E-state index contributed by atoms with van der Waals surface area (Å²) < 4.78 is 29.0. The molecule has 0 amide bonds. The van der Waals surface area contributed by atoms with Crippen LogP contribution in [0.25, 0.3) is 0 Å². The van der Waals surface area contributed by atoms with Gasteiger partial charge in [-0.1, -0.05) is 37.6 Å². The molecule has 1 saturated heterocycles. The summed E-state index contributed by atoms with van der Waals surface area (Å²) in [5, 5.41) is 10.00. The Morgan fingerprint density at radius 2 is 1.52 bits per heavy atom. The molecule has 3 fully saturated rings. The van der Waals surface area contributed by atoms with E-state index in [0.717, 1.165) is 32.1 Å². The summed E-state index contributed by atoms with van der Waals surface area (Å²) in [5.41, 5.74) is 0.490. The predicted octanol–water partition coefficient (Wildman–Crippen LogP) is 4.65. The molecule has 1 heterocycles. The maximum absolute atomic E-state index is 12.1. The van der Waals surface area contributed by atoms with Crippen molar-refractivity contribution in [3.63, 3.8) is 0 Å². The van der Waals surface area contributed by atoms with Crippen molar-refractivity contribution in [3.8, 4) is 0 Å². The molecular formula is C31H48O9. The lowest BCUT2D eigenvalue weighted by Gasteiger charge is -2.55. The van der Waals surface area contributed by atoms with Gasteiger partial charge in [-0.25, -0.2) is 0 Å². The minimum absolute atomic E-state index is 0.0298. The second-order valence-corrected chi connectivity index (χ2v) is 12.7. The highest BCUT2D eigenvalue weighted by Crippen LogP contribution is 2.56. The Kier molecular flexibility index (Phi) is 10.6. The maximum Gasteiger partial charge on any atom is 0.303 e. The quantitative estimate of drug-likeness (QED) is 0.255. The highest BCUT2D eigenvalue weighted by Gasteiger charge is 2.53. The van der Waals surface area contributed by atoms with Gasteiger partial charge in [0.1, 0.15) is 0 Å². The molecule has 1 N–H and O–H groups in total. The zero-order chi connectivity index (χ0) is 29.8. The molecule has 9 nitrogen and oxygen atoms in total. The molecule has 9 atom stereocenters. The van der Waals surface area contributed by atoms with E-state index in [4.69, 9.17) is 23.7 Å². The van der Waals surface area contributed by atoms with E-state index < -0.39 is 48.1 Å². The second kappa shape index (κ2) is 13.2. The van der Waals surface area contributed by atoms with Crippen LogP contribution in [-0.4, -0.2) is 65.9 Å². The van der Waals surface area contributed by atoms with E-state index in [0.29, 0.717) is 11.8 Å². The molecular weight excluding hydrogens is 516 g/mol. The molecule has 0 aromatic carbocycles. The van der Waals surface area contributed by atoms with Gasteiger partial charge >= 0.3 is 17.9 Å². The van der Waals surface area contributed by atoms with Gasteiger partial charge in [-0.15, -0.1) is 0 Å². The lowest BCUT2D eigenvalue weighted by atomic mass is 9.52. The van der Waals surface area contributed by atoms with Crippen molar-refractivity contribution in [3.05, 3.63) is 23.8 Å². The van der Waals surface area contributed by atoms with E-state index in [1.165, 1.54) is 26.3 Å². The molecule has 9 heteroatoms. The van der Waals surface area contributed by atoms with E-state index in [9.17, 15) is 19.5 Å². The highest BCUT2D eigenvalue weighted by atomic mass is 16.7. The average Bonchev–Trinajstić information content (AvgIpc) is 2.82. The third kappa shape index (κ3) is 8.17. The SMILES string of the molecule is CC(=O)O[C@@H]1[C@H](O[C@@H]2CC[C@@H](C)[C@]3(C)C[C@H](/C(C)=C/C=C/C(C)(C)O)CC[C@@H]23)OC[C@@H](OC(C)=O)[C@H]1OC(C)=O. The first-order valence-electron chi connectivity index (χ1n) is 14.5. The fourth-order valence-corrected chi connectivity index (χ4v) is 6.74. The molecule has 2 saturated carbocycles. The van der Waals surface area contributed by atoms with Gasteiger partial charge < -0.3 is 28.8 Å². The third-order valence-electron chi connectivity index (χ3n) is 8.94. The molecule has 0 aromatic heterocycles. The Morgan fingerprint density at radius 1 is 0.900 bits per heavy atom. The Balaban J connectivity index is 1.80. The normalized spacial score (nSPS) is 37.0. The molecule has 40 heavy (non-hydrogen) atoms. The minimum atomic E-state index is -1.07. The molecule has 0 spiro atoms. The summed E-state index contributed by atoms with van der Waals surface area (Å²) in [4.78, 5) is 35.7. The van der Waals surface area contributed by atoms with Crippen molar-refractivity contribution in [1.82, 2.24) is 0 Å². The first-order valence-corrected chi connectivity index (χ1v) is 14.5. The number of aliphatic hydroxyl groups is 1. The van der Waals surface area contributed by atoms with Gasteiger partial charge in [0.05, 0.1) is 18.3 Å². The van der Waals surface area contributed by atoms with Crippen LogP contribution in [0.2, 0.25) is 0 Å². The molecule has 0 aromatic rings. The average molecular weight is 565 g/mol. The first kappa shape index (κ1) is 32.3. The van der Waals surface area contributed by atoms with Crippen LogP contribution in [0.1, 0.15) is 87.5 Å². The van der Waals surface area contributed by atoms with E-state index in [1.807, 2.05) is 6.08 Å². The van der Waals surface area contributed by atoms with Crippen molar-refractivity contribution in [1.29, 1.82) is 0 Å². The first-order chi connectivity index (χ1) is 18.6. The Labute approximate surface area is 238 Å². The molecule has 0 radical (unpaired) electrons. The Morgan fingerprint density at radius 3 is 2.12 bits per heavy atom. The lowest BCUT2D eigenvalue weighted by Crippen LogP contribution is -2.60. The van der Waals surface area contributed by atoms with Crippen molar-refractivity contribution in [2.24, 2.45) is 23.2 Å². The van der Waals surface area contributed by atoms with Crippen molar-refractivity contribution in [2.75, 3.05) is 6.61 Å². The Bertz CT molecular complexity index is 980. The summed E-state index contributed by atoms with van der Waals surface area (Å²) in [6.07, 6.45) is 6.58. The van der Waals surface area contributed by atoms with Gasteiger partial charge in [-0.2, -0.15) is 0 Å². The molecule has 0 unspecified atom stereocenters. The van der Waals surface area contributed by atoms with Crippen molar-refractivity contribution >= 4 is 17.9 Å². The van der Waals surface area contributed by atoms with Gasteiger partial charge in [0, 0.05) is 20.8 Å². The number of rotatable bonds is 8. The van der Waals surface area contributed by atoms with Gasteiger partial charge in [0.15, 0.2) is 24.6 Å². The van der Waals surface area contributed by atoms with Crippen LogP contribution in [0.4, 0.5) is 0 Å². The van der Waals surface area contributed by atoms with Gasteiger partial charge in [-0.3, -0.25) is 14.4 Å². The van der Waals surface area contributed by atoms with E-state index >= 15 is 0 Å². The molecule has 1 aliphatic heterocycles. The van der Waals surface area contributed by atoms with Crippen LogP contribution in [0.15, 0.2) is 23.8 Å². The van der Waals surface area contributed by atoms with Gasteiger partial charge in [-0.05, 0) is 76.0 Å². The summed E-state index contributed by atoms with van der Waals surface area (Å²) in [6, 6.07) is 0. The van der Waals surface area contributed by atoms with Gasteiger partial charge in [0.2, 0.25) is 0 Å². The molecule has 3 rings (SSSR count). The zero-order valence-electron chi connectivity index (χ0n) is 25.3. The number of fused-ring (bicyclic) bond motifs is 1. The summed E-state index contributed by atoms with van der Waals surface area (Å²) in [7, 11) is 0. The maximum atomic E-state index is 12.1. The van der Waals surface area contributed by atoms with Crippen molar-refractivity contribution < 1.29 is 43.2 Å². The highest BCUT2D eigenvalue weighted by molar-refractivity contribution is 5.68. The van der Waals surface area contributed by atoms with E-state index in [-0.39, 0.29) is 24.0 Å². The lowest BCUT2D eigenvalue weighted by molar-refractivity contribution is -0.303. The smallest absolute Gasteiger partial charge is 0.303 e. The summed E-state index contributed by atoms with van der Waals surface area (Å²) in [6.45, 7) is 14.1. The third-order valence-corrected chi connectivity index (χ3v) is 8.94. The minimum Gasteiger partial charge on any atom is -0.456 e. The fourth-order valence-electron chi connectivity index (χ4n) is 6.74. The van der Waals surface area contributed by atoms with E-state index in [2.05, 4.69) is 26.8 Å². The van der Waals surface area contributed by atoms with Crippen LogP contribution >= 0.6 is 0 Å². The standard InChI is InChI=1S/C31H48O9/c1-18(10-9-15-30(6,7)35)23-12-13-24-25(14-11-19(2)31(24,8)16-23)40-29-28(39-22(5)34)27(38-21(4)33)26(17-36-29)37-20(3)32/h9-10,15,19,23-29,35H,11-14,16-17H2,1-8H3/b15-9+,18-10+/t19-,23-,24+,25-,26-,27-,28+,29+,31+/m1/s1. The number of esters is 3. The number of ether oxygens (including phenoxy) is 5. The van der Waals surface area contributed by atoms with Gasteiger partial charge in [0.25, 0.3) is 0 Å². The Hall–Kier alpha value is -2.23. The van der Waals surface area contributed by atoms with Crippen molar-refractivity contribution in [2.45, 2.75) is 124 Å². The van der Waals surface area contributed by atoms with E-state index in [1.54, 1.807) is 19.9 Å². The van der Waals surface area contributed by atoms with Crippen LogP contribution in [-0.2, 0) is 38.1 Å². The number of carbonyl (C=O) groups excluding carboxylic acids is 3. The number of carbonyl (C=O) groups is 3. The topological polar surface area (TPSA) is 118 Å². The summed E-state index contributed by atoms with van der Waals surface area (Å²) in [5.74, 6) is -0.512. The number of hydrogen-bond acceptors (Lipinski definition) is 9. The van der Waals surface area contributed by atoms with Crippen LogP contribution in [0, 0.1) is 23.2 Å². The summed E-state index contributed by atoms with van der Waals surface area (Å²) >= 11 is 0. The number of hydrogen-bond donors (Lipinski definition) is 1. The predicted molar refractivity (Wildman–Crippen MR) is 148 cm³/mol. The number of allylic oxidation sites excluding steroid dienone is 3.